The van der Waals surface area contributed by atoms with Gasteiger partial charge < -0.3 is 20.6 Å². The number of amides is 1. The zero-order chi connectivity index (χ0) is 19.0. The zero-order valence-corrected chi connectivity index (χ0v) is 16.0. The molecule has 1 aromatic rings. The molecule has 27 heavy (non-hydrogen) atoms. The summed E-state index contributed by atoms with van der Waals surface area (Å²) >= 11 is 0. The Balaban J connectivity index is 1.46. The van der Waals surface area contributed by atoms with Crippen LogP contribution in [0.3, 0.4) is 0 Å². The molecule has 2 heterocycles. The van der Waals surface area contributed by atoms with Crippen molar-refractivity contribution in [1.29, 1.82) is 0 Å². The van der Waals surface area contributed by atoms with Gasteiger partial charge in [0.15, 0.2) is 0 Å². The molecule has 1 aromatic carbocycles. The summed E-state index contributed by atoms with van der Waals surface area (Å²) in [4.78, 5) is 15.0. The second kappa shape index (κ2) is 7.40. The van der Waals surface area contributed by atoms with Crippen molar-refractivity contribution in [3.05, 3.63) is 29.6 Å². The molecule has 3 N–H and O–H groups in total. The summed E-state index contributed by atoms with van der Waals surface area (Å²) in [5.74, 6) is -0.0778. The van der Waals surface area contributed by atoms with Crippen LogP contribution in [0.15, 0.2) is 18.2 Å². The second-order valence-corrected chi connectivity index (χ2v) is 8.52. The van der Waals surface area contributed by atoms with Gasteiger partial charge in [0.25, 0.3) is 0 Å². The van der Waals surface area contributed by atoms with E-state index in [4.69, 9.17) is 0 Å². The standard InChI is InChI=1S/C21H30FN3O2/c1-14(24-20(27)18-13-21(18)6-8-23-9-7-21)17-12-15(22)2-3-19(17)25-10-4-16(26)5-11-25/h2-3,12,14,16,18,23,26H,4-11,13H2,1H3,(H,24,27)/t14-,18+/m1/s1. The fraction of sp³-hybridized carbons (Fsp3) is 0.667. The molecule has 0 bridgehead atoms. The average Bonchev–Trinajstić information content (AvgIpc) is 3.36. The Morgan fingerprint density at radius 1 is 1.33 bits per heavy atom. The van der Waals surface area contributed by atoms with E-state index in [-0.39, 0.29) is 35.2 Å². The molecule has 3 fully saturated rings. The zero-order valence-electron chi connectivity index (χ0n) is 16.0. The molecule has 1 spiro atoms. The predicted octanol–water partition coefficient (Wildman–Crippen LogP) is 2.35. The van der Waals surface area contributed by atoms with Crippen molar-refractivity contribution < 1.29 is 14.3 Å². The molecule has 1 saturated carbocycles. The molecule has 2 aliphatic heterocycles. The van der Waals surface area contributed by atoms with E-state index in [0.29, 0.717) is 0 Å². The van der Waals surface area contributed by atoms with Crippen molar-refractivity contribution in [2.45, 2.75) is 51.2 Å². The number of carbonyl (C=O) groups excluding carboxylic acids is 1. The summed E-state index contributed by atoms with van der Waals surface area (Å²) in [6, 6.07) is 4.58. The van der Waals surface area contributed by atoms with Crippen LogP contribution in [0.1, 0.15) is 50.6 Å². The Bertz CT molecular complexity index is 697. The lowest BCUT2D eigenvalue weighted by molar-refractivity contribution is -0.123. The van der Waals surface area contributed by atoms with Crippen LogP contribution in [0.4, 0.5) is 10.1 Å². The number of hydrogen-bond acceptors (Lipinski definition) is 4. The summed E-state index contributed by atoms with van der Waals surface area (Å²) in [7, 11) is 0. The number of hydrogen-bond donors (Lipinski definition) is 3. The van der Waals surface area contributed by atoms with Gasteiger partial charge in [0.1, 0.15) is 5.82 Å². The minimum absolute atomic E-state index is 0.101. The lowest BCUT2D eigenvalue weighted by atomic mass is 9.91. The van der Waals surface area contributed by atoms with Crippen LogP contribution in [0.25, 0.3) is 0 Å². The maximum absolute atomic E-state index is 14.0. The monoisotopic (exact) mass is 375 g/mol. The first-order valence-corrected chi connectivity index (χ1v) is 10.2. The topological polar surface area (TPSA) is 64.6 Å². The number of aliphatic hydroxyl groups is 1. The van der Waals surface area contributed by atoms with Gasteiger partial charge in [0.05, 0.1) is 12.1 Å². The smallest absolute Gasteiger partial charge is 0.224 e. The van der Waals surface area contributed by atoms with Gasteiger partial charge in [-0.1, -0.05) is 0 Å². The third-order valence-electron chi connectivity index (χ3n) is 6.73. The highest BCUT2D eigenvalue weighted by atomic mass is 19.1. The molecule has 4 rings (SSSR count). The first-order chi connectivity index (χ1) is 13.0. The molecule has 2 atom stereocenters. The largest absolute Gasteiger partial charge is 0.393 e. The molecular weight excluding hydrogens is 345 g/mol. The maximum Gasteiger partial charge on any atom is 0.224 e. The highest BCUT2D eigenvalue weighted by Gasteiger charge is 2.57. The number of rotatable bonds is 4. The van der Waals surface area contributed by atoms with Crippen LogP contribution < -0.4 is 15.5 Å². The number of halogens is 1. The van der Waals surface area contributed by atoms with Crippen molar-refractivity contribution >= 4 is 11.6 Å². The number of nitrogens with zero attached hydrogens (tertiary/aromatic N) is 1. The van der Waals surface area contributed by atoms with Crippen LogP contribution in [0.2, 0.25) is 0 Å². The highest BCUT2D eigenvalue weighted by Crippen LogP contribution is 2.58. The average molecular weight is 375 g/mol. The van der Waals surface area contributed by atoms with E-state index in [9.17, 15) is 14.3 Å². The van der Waals surface area contributed by atoms with Crippen LogP contribution in [0.5, 0.6) is 0 Å². The molecule has 6 heteroatoms. The van der Waals surface area contributed by atoms with Gasteiger partial charge in [0, 0.05) is 30.3 Å². The van der Waals surface area contributed by atoms with Gasteiger partial charge in [-0.15, -0.1) is 0 Å². The molecule has 0 radical (unpaired) electrons. The van der Waals surface area contributed by atoms with Crippen molar-refractivity contribution in [1.82, 2.24) is 10.6 Å². The first-order valence-electron chi connectivity index (χ1n) is 10.2. The summed E-state index contributed by atoms with van der Waals surface area (Å²) in [6.07, 6.45) is 4.31. The summed E-state index contributed by atoms with van der Waals surface area (Å²) in [6.45, 7) is 5.42. The molecule has 5 nitrogen and oxygen atoms in total. The maximum atomic E-state index is 14.0. The van der Waals surface area contributed by atoms with Gasteiger partial charge in [-0.25, -0.2) is 4.39 Å². The molecule has 2 saturated heterocycles. The van der Waals surface area contributed by atoms with Crippen LogP contribution >= 0.6 is 0 Å². The van der Waals surface area contributed by atoms with Crippen molar-refractivity contribution in [2.75, 3.05) is 31.1 Å². The number of anilines is 1. The number of nitrogens with one attached hydrogen (secondary N) is 2. The van der Waals surface area contributed by atoms with Crippen molar-refractivity contribution in [2.24, 2.45) is 11.3 Å². The quantitative estimate of drug-likeness (QED) is 0.756. The van der Waals surface area contributed by atoms with Crippen molar-refractivity contribution in [3.63, 3.8) is 0 Å². The molecule has 1 amide bonds. The third kappa shape index (κ3) is 3.83. The van der Waals surface area contributed by atoms with E-state index in [1.807, 2.05) is 6.92 Å². The predicted molar refractivity (Wildman–Crippen MR) is 103 cm³/mol. The SMILES string of the molecule is C[C@@H](NC(=O)[C@@H]1CC12CCNCC2)c1cc(F)ccc1N1CCC(O)CC1. The van der Waals surface area contributed by atoms with Crippen LogP contribution in [0, 0.1) is 17.2 Å². The number of aliphatic hydroxyl groups excluding tert-OH is 1. The van der Waals surface area contributed by atoms with E-state index in [2.05, 4.69) is 15.5 Å². The fourth-order valence-corrected chi connectivity index (χ4v) is 4.85. The number of benzene rings is 1. The fourth-order valence-electron chi connectivity index (χ4n) is 4.85. The Hall–Kier alpha value is -1.66. The van der Waals surface area contributed by atoms with Crippen LogP contribution in [-0.2, 0) is 4.79 Å². The van der Waals surface area contributed by atoms with Gasteiger partial charge in [0.2, 0.25) is 5.91 Å². The first kappa shape index (κ1) is 18.7. The van der Waals surface area contributed by atoms with E-state index in [0.717, 1.165) is 69.5 Å². The molecule has 3 aliphatic rings. The van der Waals surface area contributed by atoms with Crippen molar-refractivity contribution in [3.8, 4) is 0 Å². The molecular formula is C21H30FN3O2. The Morgan fingerprint density at radius 2 is 2.04 bits per heavy atom. The summed E-state index contributed by atoms with van der Waals surface area (Å²) in [5, 5.41) is 16.3. The Kier molecular flexibility index (Phi) is 5.12. The summed E-state index contributed by atoms with van der Waals surface area (Å²) < 4.78 is 14.0. The highest BCUT2D eigenvalue weighted by molar-refractivity contribution is 5.83. The lowest BCUT2D eigenvalue weighted by Crippen LogP contribution is -2.38. The normalized spacial score (nSPS) is 26.0. The van der Waals surface area contributed by atoms with Gasteiger partial charge in [-0.3, -0.25) is 4.79 Å². The number of carbonyl (C=O) groups is 1. The van der Waals surface area contributed by atoms with Crippen LogP contribution in [-0.4, -0.2) is 43.3 Å². The number of piperidine rings is 2. The van der Waals surface area contributed by atoms with E-state index < -0.39 is 0 Å². The van der Waals surface area contributed by atoms with E-state index in [1.165, 1.54) is 6.07 Å². The Labute approximate surface area is 160 Å². The van der Waals surface area contributed by atoms with Gasteiger partial charge in [-0.05, 0) is 75.7 Å². The van der Waals surface area contributed by atoms with E-state index >= 15 is 0 Å². The van der Waals surface area contributed by atoms with Gasteiger partial charge >= 0.3 is 0 Å². The molecule has 0 unspecified atom stereocenters. The summed E-state index contributed by atoms with van der Waals surface area (Å²) in [5.41, 5.74) is 1.98. The minimum Gasteiger partial charge on any atom is -0.393 e. The Morgan fingerprint density at radius 3 is 2.74 bits per heavy atom. The molecule has 1 aliphatic carbocycles. The molecule has 0 aromatic heterocycles. The second-order valence-electron chi connectivity index (χ2n) is 8.52. The van der Waals surface area contributed by atoms with Gasteiger partial charge in [-0.2, -0.15) is 0 Å². The lowest BCUT2D eigenvalue weighted by Gasteiger charge is -2.34. The molecule has 148 valence electrons. The minimum atomic E-state index is -0.284. The third-order valence-corrected chi connectivity index (χ3v) is 6.73. The van der Waals surface area contributed by atoms with E-state index in [1.54, 1.807) is 12.1 Å².